The van der Waals surface area contributed by atoms with Crippen LogP contribution in [-0.4, -0.2) is 47.7 Å². The van der Waals surface area contributed by atoms with Crippen molar-refractivity contribution < 1.29 is 14.1 Å². The maximum absolute atomic E-state index is 13.0. The van der Waals surface area contributed by atoms with Crippen molar-refractivity contribution in [2.75, 3.05) is 26.7 Å². The summed E-state index contributed by atoms with van der Waals surface area (Å²) in [4.78, 5) is 20.2. The van der Waals surface area contributed by atoms with E-state index in [0.29, 0.717) is 37.6 Å². The second kappa shape index (κ2) is 8.53. The minimum absolute atomic E-state index is 0.0539. The quantitative estimate of drug-likeness (QED) is 0.688. The summed E-state index contributed by atoms with van der Waals surface area (Å²) in [5, 5.41) is 9.35. The highest BCUT2D eigenvalue weighted by Crippen LogP contribution is 2.30. The average molecular weight is 398 g/mol. The van der Waals surface area contributed by atoms with Crippen molar-refractivity contribution in [1.29, 1.82) is 0 Å². The monoisotopic (exact) mass is 398 g/mol. The summed E-state index contributed by atoms with van der Waals surface area (Å²) in [6.45, 7) is 2.14. The summed E-state index contributed by atoms with van der Waals surface area (Å²) in [5.74, 6) is 1.94. The maximum Gasteiger partial charge on any atom is 0.227 e. The number of ether oxygens (including phenoxy) is 1. The van der Waals surface area contributed by atoms with Crippen molar-refractivity contribution in [1.82, 2.24) is 20.4 Å². The second-order valence-corrected chi connectivity index (χ2v) is 7.49. The number of carbonyl (C=O) groups is 1. The molecule has 1 atom stereocenters. The molecule has 3 aromatic rings. The first-order valence-electron chi connectivity index (χ1n) is 9.26. The number of aryl methyl sites for hydroxylation is 1. The van der Waals surface area contributed by atoms with E-state index in [0.717, 1.165) is 22.7 Å². The normalized spacial score (nSPS) is 16.9. The third-order valence-electron chi connectivity index (χ3n) is 4.82. The Kier molecular flexibility index (Phi) is 5.68. The molecule has 8 heteroatoms. The van der Waals surface area contributed by atoms with E-state index in [4.69, 9.17) is 9.26 Å². The Balaban J connectivity index is 1.44. The van der Waals surface area contributed by atoms with Crippen molar-refractivity contribution in [2.24, 2.45) is 0 Å². The van der Waals surface area contributed by atoms with Gasteiger partial charge in [0.1, 0.15) is 5.75 Å². The number of carbonyl (C=O) groups excluding carboxylic acids is 1. The fourth-order valence-corrected chi connectivity index (χ4v) is 4.09. The predicted octanol–water partition coefficient (Wildman–Crippen LogP) is 2.91. The number of hydrogen-bond acceptors (Lipinski definition) is 7. The molecule has 4 rings (SSSR count). The molecule has 1 aliphatic rings. The lowest BCUT2D eigenvalue weighted by Crippen LogP contribution is -2.48. The van der Waals surface area contributed by atoms with E-state index in [-0.39, 0.29) is 11.9 Å². The molecular formula is C20H22N4O3S. The van der Waals surface area contributed by atoms with Gasteiger partial charge in [0.15, 0.2) is 0 Å². The van der Waals surface area contributed by atoms with Gasteiger partial charge in [0.2, 0.25) is 17.6 Å². The second-order valence-electron chi connectivity index (χ2n) is 6.54. The van der Waals surface area contributed by atoms with Crippen molar-refractivity contribution in [3.8, 4) is 16.5 Å². The van der Waals surface area contributed by atoms with Crippen LogP contribution in [0.15, 0.2) is 46.3 Å². The number of piperazine rings is 1. The number of rotatable bonds is 6. The molecule has 2 aromatic heterocycles. The van der Waals surface area contributed by atoms with E-state index < -0.39 is 0 Å². The van der Waals surface area contributed by atoms with Crippen LogP contribution in [0.1, 0.15) is 23.9 Å². The number of nitrogens with zero attached hydrogens (tertiary/aromatic N) is 3. The molecule has 146 valence electrons. The SMILES string of the molecule is COc1ccccc1C1CNCCN1C(=O)CCc1nc(-c2cccs2)no1. The minimum Gasteiger partial charge on any atom is -0.496 e. The lowest BCUT2D eigenvalue weighted by atomic mass is 10.0. The molecule has 0 aliphatic carbocycles. The van der Waals surface area contributed by atoms with E-state index in [1.807, 2.05) is 46.7 Å². The van der Waals surface area contributed by atoms with E-state index >= 15 is 0 Å². The van der Waals surface area contributed by atoms with Crippen LogP contribution in [0.3, 0.4) is 0 Å². The molecule has 0 radical (unpaired) electrons. The number of thiophene rings is 1. The zero-order valence-corrected chi connectivity index (χ0v) is 16.4. The first-order valence-corrected chi connectivity index (χ1v) is 10.1. The molecule has 0 saturated carbocycles. The van der Waals surface area contributed by atoms with Gasteiger partial charge in [-0.15, -0.1) is 11.3 Å². The molecular weight excluding hydrogens is 376 g/mol. The number of hydrogen-bond donors (Lipinski definition) is 1. The molecule has 1 saturated heterocycles. The summed E-state index contributed by atoms with van der Waals surface area (Å²) in [6, 6.07) is 11.7. The van der Waals surface area contributed by atoms with Gasteiger partial charge in [0.25, 0.3) is 0 Å². The van der Waals surface area contributed by atoms with Crippen LogP contribution in [0.25, 0.3) is 10.7 Å². The molecule has 0 spiro atoms. The molecule has 3 heterocycles. The minimum atomic E-state index is -0.0539. The van der Waals surface area contributed by atoms with Crippen LogP contribution in [-0.2, 0) is 11.2 Å². The third-order valence-corrected chi connectivity index (χ3v) is 5.69. The first kappa shape index (κ1) is 18.6. The Labute approximate surface area is 167 Å². The van der Waals surface area contributed by atoms with E-state index in [1.54, 1.807) is 18.4 Å². The van der Waals surface area contributed by atoms with Crippen molar-refractivity contribution in [2.45, 2.75) is 18.9 Å². The van der Waals surface area contributed by atoms with E-state index in [9.17, 15) is 4.79 Å². The molecule has 1 fully saturated rings. The van der Waals surface area contributed by atoms with E-state index in [1.165, 1.54) is 0 Å². The highest BCUT2D eigenvalue weighted by Gasteiger charge is 2.29. The Morgan fingerprint density at radius 1 is 1.36 bits per heavy atom. The molecule has 1 aromatic carbocycles. The van der Waals surface area contributed by atoms with Gasteiger partial charge in [0.05, 0.1) is 18.0 Å². The zero-order valence-electron chi connectivity index (χ0n) is 15.6. The Morgan fingerprint density at radius 3 is 3.07 bits per heavy atom. The number of nitrogens with one attached hydrogen (secondary N) is 1. The van der Waals surface area contributed by atoms with Crippen LogP contribution in [0, 0.1) is 0 Å². The van der Waals surface area contributed by atoms with Gasteiger partial charge in [-0.1, -0.05) is 29.4 Å². The maximum atomic E-state index is 13.0. The van der Waals surface area contributed by atoms with Crippen LogP contribution < -0.4 is 10.1 Å². The number of methoxy groups -OCH3 is 1. The Hall–Kier alpha value is -2.71. The van der Waals surface area contributed by atoms with Gasteiger partial charge in [-0.25, -0.2) is 0 Å². The zero-order chi connectivity index (χ0) is 19.3. The largest absolute Gasteiger partial charge is 0.496 e. The lowest BCUT2D eigenvalue weighted by Gasteiger charge is -2.37. The molecule has 1 unspecified atom stereocenters. The van der Waals surface area contributed by atoms with Crippen molar-refractivity contribution in [3.63, 3.8) is 0 Å². The Morgan fingerprint density at radius 2 is 2.25 bits per heavy atom. The highest BCUT2D eigenvalue weighted by atomic mass is 32.1. The average Bonchev–Trinajstić information content (AvgIpc) is 3.44. The number of benzene rings is 1. The molecule has 1 N–H and O–H groups in total. The fourth-order valence-electron chi connectivity index (χ4n) is 3.44. The van der Waals surface area contributed by atoms with Crippen LogP contribution in [0.4, 0.5) is 0 Å². The van der Waals surface area contributed by atoms with Crippen LogP contribution in [0.2, 0.25) is 0 Å². The highest BCUT2D eigenvalue weighted by molar-refractivity contribution is 7.13. The first-order chi connectivity index (χ1) is 13.8. The van der Waals surface area contributed by atoms with Gasteiger partial charge in [-0.2, -0.15) is 4.98 Å². The summed E-state index contributed by atoms with van der Waals surface area (Å²) < 4.78 is 10.8. The molecule has 1 amide bonds. The molecule has 0 bridgehead atoms. The van der Waals surface area contributed by atoms with Gasteiger partial charge in [-0.3, -0.25) is 4.79 Å². The van der Waals surface area contributed by atoms with Crippen LogP contribution >= 0.6 is 11.3 Å². The van der Waals surface area contributed by atoms with Gasteiger partial charge in [-0.05, 0) is 17.5 Å². The fraction of sp³-hybridized carbons (Fsp3) is 0.350. The smallest absolute Gasteiger partial charge is 0.227 e. The Bertz CT molecular complexity index is 925. The van der Waals surface area contributed by atoms with Gasteiger partial charge in [0, 0.05) is 38.0 Å². The van der Waals surface area contributed by atoms with E-state index in [2.05, 4.69) is 15.5 Å². The predicted molar refractivity (Wildman–Crippen MR) is 106 cm³/mol. The third kappa shape index (κ3) is 3.93. The standard InChI is InChI=1S/C20H22N4O3S/c1-26-16-6-3-2-5-14(16)15-13-21-10-11-24(15)19(25)9-8-18-22-20(23-27-18)17-7-4-12-28-17/h2-7,12,15,21H,8-11,13H2,1H3. The van der Waals surface area contributed by atoms with Gasteiger partial charge >= 0.3 is 0 Å². The number of aromatic nitrogens is 2. The summed E-state index contributed by atoms with van der Waals surface area (Å²) >= 11 is 1.56. The lowest BCUT2D eigenvalue weighted by molar-refractivity contribution is -0.134. The summed E-state index contributed by atoms with van der Waals surface area (Å²) in [5.41, 5.74) is 1.02. The van der Waals surface area contributed by atoms with Crippen LogP contribution in [0.5, 0.6) is 5.75 Å². The molecule has 28 heavy (non-hydrogen) atoms. The topological polar surface area (TPSA) is 80.5 Å². The molecule has 7 nitrogen and oxygen atoms in total. The summed E-state index contributed by atoms with van der Waals surface area (Å²) in [7, 11) is 1.65. The number of para-hydroxylation sites is 1. The van der Waals surface area contributed by atoms with Crippen molar-refractivity contribution >= 4 is 17.2 Å². The summed E-state index contributed by atoms with van der Waals surface area (Å²) in [6.07, 6.45) is 0.761. The van der Waals surface area contributed by atoms with Gasteiger partial charge < -0.3 is 19.5 Å². The molecule has 1 aliphatic heterocycles. The number of amides is 1. The van der Waals surface area contributed by atoms with Crippen molar-refractivity contribution in [3.05, 3.63) is 53.2 Å².